The monoisotopic (exact) mass is 361 g/mol. The molecule has 0 aliphatic carbocycles. The third-order valence-electron chi connectivity index (χ3n) is 2.57. The summed E-state index contributed by atoms with van der Waals surface area (Å²) in [6.45, 7) is 14.3. The predicted octanol–water partition coefficient (Wildman–Crippen LogP) is 6.34. The lowest BCUT2D eigenvalue weighted by Crippen LogP contribution is -2.10. The number of aryl methyl sites for hydroxylation is 3. The molecular weight excluding hydrogens is 328 g/mol. The fraction of sp³-hybridized carbons (Fsp3) is 0.333. The van der Waals surface area contributed by atoms with Crippen molar-refractivity contribution in [3.8, 4) is 0 Å². The molecule has 0 bridgehead atoms. The van der Waals surface area contributed by atoms with Gasteiger partial charge in [-0.05, 0) is 32.3 Å². The maximum absolute atomic E-state index is 9.94. The van der Waals surface area contributed by atoms with Gasteiger partial charge in [-0.2, -0.15) is 0 Å². The Bertz CT molecular complexity index is 620. The summed E-state index contributed by atoms with van der Waals surface area (Å²) < 4.78 is 3.05. The van der Waals surface area contributed by atoms with Crippen LogP contribution in [-0.2, 0) is 0 Å². The Morgan fingerprint density at radius 3 is 1.32 bits per heavy atom. The molecule has 25 heavy (non-hydrogen) atoms. The first-order valence-electron chi connectivity index (χ1n) is 8.67. The van der Waals surface area contributed by atoms with Crippen LogP contribution in [0.2, 0.25) is 0 Å². The van der Waals surface area contributed by atoms with Gasteiger partial charge in [0.25, 0.3) is 6.20 Å². The van der Waals surface area contributed by atoms with E-state index in [0.29, 0.717) is 4.54 Å². The number of hydrogen-bond donors (Lipinski definition) is 1. The van der Waals surface area contributed by atoms with E-state index in [1.54, 1.807) is 5.38 Å². The Hall–Kier alpha value is -2.20. The van der Waals surface area contributed by atoms with E-state index in [4.69, 9.17) is 0 Å². The predicted molar refractivity (Wildman–Crippen MR) is 112 cm³/mol. The summed E-state index contributed by atoms with van der Waals surface area (Å²) in [7, 11) is 0. The smallest absolute Gasteiger partial charge is 0.0683 e. The topological polar surface area (TPSA) is 38.8 Å². The lowest BCUT2D eigenvalue weighted by molar-refractivity contribution is -0.554. The molecule has 2 aromatic carbocycles. The summed E-state index contributed by atoms with van der Waals surface area (Å²) in [5.74, 6) is 0. The Morgan fingerprint density at radius 1 is 0.720 bits per heavy atom. The van der Waals surface area contributed by atoms with Crippen molar-refractivity contribution in [3.05, 3.63) is 87.8 Å². The first-order chi connectivity index (χ1) is 12.1. The van der Waals surface area contributed by atoms with Crippen LogP contribution in [0.5, 0.6) is 0 Å². The third kappa shape index (κ3) is 16.4. The summed E-state index contributed by atoms with van der Waals surface area (Å²) in [6, 6.07) is 18.7. The molecule has 0 aliphatic rings. The second-order valence-electron chi connectivity index (χ2n) is 4.63. The number of aromatic amines is 1. The molecule has 0 saturated carbocycles. The molecule has 0 saturated heterocycles. The largest absolute Gasteiger partial charge is 0.269 e. The van der Waals surface area contributed by atoms with Crippen LogP contribution in [0, 0.1) is 25.7 Å². The van der Waals surface area contributed by atoms with E-state index >= 15 is 0 Å². The number of H-pyrrole nitrogens is 1. The normalized spacial score (nSPS) is 7.96. The Labute approximate surface area is 157 Å². The average molecular weight is 362 g/mol. The van der Waals surface area contributed by atoms with Crippen LogP contribution >= 0.6 is 11.5 Å². The molecule has 4 heteroatoms. The zero-order valence-corrected chi connectivity index (χ0v) is 17.4. The molecule has 1 heterocycles. The molecule has 0 amide bonds. The van der Waals surface area contributed by atoms with Gasteiger partial charge in [0.05, 0.1) is 10.3 Å². The molecule has 138 valence electrons. The van der Waals surface area contributed by atoms with Crippen LogP contribution in [0.1, 0.15) is 44.4 Å². The van der Waals surface area contributed by atoms with Gasteiger partial charge >= 0.3 is 0 Å². The number of nitrogens with one attached hydrogen (secondary N) is 1. The van der Waals surface area contributed by atoms with E-state index in [0.717, 1.165) is 0 Å². The Morgan fingerprint density at radius 2 is 1.12 bits per heavy atom. The van der Waals surface area contributed by atoms with Crippen LogP contribution in [-0.4, -0.2) is 4.49 Å². The van der Waals surface area contributed by atoms with E-state index in [9.17, 15) is 4.91 Å². The summed E-state index contributed by atoms with van der Waals surface area (Å²) in [6.07, 6.45) is 1.41. The standard InChI is InChI=1S/C8H10.C7H8.C2H3N2OS.2C2H6/c1-7-3-5-8(2)6-4-7;1-7-5-3-2-4-6-7;5-4-1-2-6-3-4;2*1-2/h3-6H,1-2H3;2-6H,1H3;1-2H,(H,3,5);2*1-2H3/q;;+1;;. The van der Waals surface area contributed by atoms with Gasteiger partial charge in [-0.15, -0.1) is 0 Å². The van der Waals surface area contributed by atoms with Gasteiger partial charge < -0.3 is 0 Å². The lowest BCUT2D eigenvalue weighted by Gasteiger charge is -1.90. The first-order valence-corrected chi connectivity index (χ1v) is 9.55. The number of nitrogens with zero attached hydrogens (tertiary/aromatic N) is 1. The minimum absolute atomic E-state index is 0.644. The Balaban J connectivity index is 0. The Kier molecular flexibility index (Phi) is 18.2. The van der Waals surface area contributed by atoms with Gasteiger partial charge in [0, 0.05) is 0 Å². The number of aromatic nitrogens is 2. The molecule has 3 rings (SSSR count). The molecule has 0 atom stereocenters. The zero-order valence-electron chi connectivity index (χ0n) is 16.6. The highest BCUT2D eigenvalue weighted by atomic mass is 32.1. The SMILES string of the molecule is CC.CC.Cc1ccc(C)cc1.Cc1ccccc1.O=[n+]1ccs[nH]1. The molecule has 0 radical (unpaired) electrons. The van der Waals surface area contributed by atoms with E-state index in [-0.39, 0.29) is 0 Å². The molecule has 0 fully saturated rings. The highest BCUT2D eigenvalue weighted by Gasteiger charge is 1.81. The van der Waals surface area contributed by atoms with Gasteiger partial charge in [0.15, 0.2) is 4.54 Å². The molecule has 0 aliphatic heterocycles. The maximum atomic E-state index is 9.94. The summed E-state index contributed by atoms with van der Waals surface area (Å²) in [5.41, 5.74) is 3.98. The minimum Gasteiger partial charge on any atom is -0.0683 e. The van der Waals surface area contributed by atoms with E-state index < -0.39 is 0 Å². The molecule has 3 aromatic rings. The number of rotatable bonds is 0. The van der Waals surface area contributed by atoms with Crippen LogP contribution in [0.15, 0.2) is 66.2 Å². The molecular formula is C21H33N2OS+. The van der Waals surface area contributed by atoms with E-state index in [1.807, 2.05) is 45.9 Å². The summed E-state index contributed by atoms with van der Waals surface area (Å²) in [5, 5.41) is 1.67. The molecule has 0 unspecified atom stereocenters. The van der Waals surface area contributed by atoms with Gasteiger partial charge in [0.2, 0.25) is 0 Å². The van der Waals surface area contributed by atoms with Crippen molar-refractivity contribution in [1.82, 2.24) is 4.49 Å². The highest BCUT2D eigenvalue weighted by molar-refractivity contribution is 7.03. The first kappa shape index (κ1) is 25.0. The second kappa shape index (κ2) is 18.1. The van der Waals surface area contributed by atoms with Crippen molar-refractivity contribution in [3.63, 3.8) is 0 Å². The van der Waals surface area contributed by atoms with Crippen LogP contribution < -0.4 is 4.54 Å². The number of hydrogen-bond acceptors (Lipinski definition) is 2. The van der Waals surface area contributed by atoms with Crippen molar-refractivity contribution in [1.29, 1.82) is 0 Å². The van der Waals surface area contributed by atoms with Gasteiger partial charge in [0.1, 0.15) is 0 Å². The van der Waals surface area contributed by atoms with Crippen molar-refractivity contribution < 1.29 is 4.54 Å². The van der Waals surface area contributed by atoms with Crippen LogP contribution in [0.4, 0.5) is 0 Å². The molecule has 3 nitrogen and oxygen atoms in total. The van der Waals surface area contributed by atoms with E-state index in [1.165, 1.54) is 34.4 Å². The van der Waals surface area contributed by atoms with Crippen molar-refractivity contribution in [2.75, 3.05) is 0 Å². The van der Waals surface area contributed by atoms with Gasteiger partial charge in [-0.3, -0.25) is 0 Å². The highest BCUT2D eigenvalue weighted by Crippen LogP contribution is 1.99. The minimum atomic E-state index is 0.644. The maximum Gasteiger partial charge on any atom is 0.269 e. The van der Waals surface area contributed by atoms with Crippen molar-refractivity contribution >= 4 is 11.5 Å². The van der Waals surface area contributed by atoms with Gasteiger partial charge in [-0.25, -0.2) is 0 Å². The fourth-order valence-corrected chi connectivity index (χ4v) is 1.77. The second-order valence-corrected chi connectivity index (χ2v) is 5.32. The summed E-state index contributed by atoms with van der Waals surface area (Å²) in [4.78, 5) is 9.94. The van der Waals surface area contributed by atoms with E-state index in [2.05, 4.69) is 61.7 Å². The third-order valence-corrected chi connectivity index (χ3v) is 3.11. The van der Waals surface area contributed by atoms with Crippen LogP contribution in [0.25, 0.3) is 0 Å². The quantitative estimate of drug-likeness (QED) is 0.466. The van der Waals surface area contributed by atoms with Crippen LogP contribution in [0.3, 0.4) is 0 Å². The molecule has 0 spiro atoms. The van der Waals surface area contributed by atoms with Crippen molar-refractivity contribution in [2.24, 2.45) is 0 Å². The average Bonchev–Trinajstić information content (AvgIpc) is 3.14. The fourth-order valence-electron chi connectivity index (χ4n) is 1.37. The lowest BCUT2D eigenvalue weighted by atomic mass is 10.2. The molecule has 1 N–H and O–H groups in total. The molecule has 1 aromatic heterocycles. The van der Waals surface area contributed by atoms with Gasteiger partial charge in [-0.1, -0.05) is 103 Å². The van der Waals surface area contributed by atoms with Crippen molar-refractivity contribution in [2.45, 2.75) is 48.5 Å². The zero-order chi connectivity index (χ0) is 19.5. The summed E-state index contributed by atoms with van der Waals surface area (Å²) >= 11 is 1.27. The number of benzene rings is 2.